The average molecular weight is 287 g/mol. The number of amides is 1. The normalized spacial score (nSPS) is 19.3. The summed E-state index contributed by atoms with van der Waals surface area (Å²) >= 11 is 0. The van der Waals surface area contributed by atoms with E-state index in [9.17, 15) is 4.79 Å². The van der Waals surface area contributed by atoms with Gasteiger partial charge in [0, 0.05) is 19.1 Å². The van der Waals surface area contributed by atoms with E-state index in [0.29, 0.717) is 12.6 Å². The van der Waals surface area contributed by atoms with E-state index < -0.39 is 0 Å². The maximum Gasteiger partial charge on any atom is 0.239 e. The van der Waals surface area contributed by atoms with Crippen LogP contribution in [0.5, 0.6) is 0 Å². The molecule has 2 N–H and O–H groups in total. The van der Waals surface area contributed by atoms with Crippen molar-refractivity contribution >= 4 is 17.3 Å². The van der Waals surface area contributed by atoms with Crippen LogP contribution in [-0.4, -0.2) is 31.6 Å². The Hall–Kier alpha value is -1.71. The number of anilines is 2. The molecule has 2 aliphatic rings. The summed E-state index contributed by atoms with van der Waals surface area (Å²) in [6.45, 7) is 2.37. The summed E-state index contributed by atoms with van der Waals surface area (Å²) in [5.74, 6) is 0.165. The number of carbonyl (C=O) groups is 1. The van der Waals surface area contributed by atoms with E-state index >= 15 is 0 Å². The first kappa shape index (κ1) is 14.2. The lowest BCUT2D eigenvalue weighted by Gasteiger charge is -2.27. The van der Waals surface area contributed by atoms with Gasteiger partial charge in [-0.05, 0) is 31.4 Å². The largest absolute Gasteiger partial charge is 0.383 e. The average Bonchev–Trinajstić information content (AvgIpc) is 2.71. The zero-order valence-electron chi connectivity index (χ0n) is 12.6. The molecule has 0 unspecified atom stereocenters. The van der Waals surface area contributed by atoms with Gasteiger partial charge in [-0.2, -0.15) is 0 Å². The Morgan fingerprint density at radius 1 is 1.19 bits per heavy atom. The maximum absolute atomic E-state index is 12.3. The molecule has 1 aromatic rings. The predicted octanol–water partition coefficient (Wildman–Crippen LogP) is 2.76. The Morgan fingerprint density at radius 2 is 2.00 bits per heavy atom. The third-order valence-electron chi connectivity index (χ3n) is 4.47. The zero-order chi connectivity index (χ0) is 14.5. The van der Waals surface area contributed by atoms with Gasteiger partial charge in [-0.3, -0.25) is 4.79 Å². The van der Waals surface area contributed by atoms with Crippen molar-refractivity contribution in [2.24, 2.45) is 0 Å². The lowest BCUT2D eigenvalue weighted by Crippen LogP contribution is -2.43. The number of nitrogens with one attached hydrogen (secondary N) is 2. The van der Waals surface area contributed by atoms with Gasteiger partial charge < -0.3 is 15.5 Å². The van der Waals surface area contributed by atoms with Crippen LogP contribution in [0.3, 0.4) is 0 Å². The minimum atomic E-state index is 0.165. The monoisotopic (exact) mass is 287 g/mol. The molecule has 4 heteroatoms. The van der Waals surface area contributed by atoms with Gasteiger partial charge in [0.1, 0.15) is 0 Å². The van der Waals surface area contributed by atoms with E-state index in [1.54, 1.807) is 0 Å². The van der Waals surface area contributed by atoms with Gasteiger partial charge >= 0.3 is 0 Å². The fourth-order valence-corrected chi connectivity index (χ4v) is 3.37. The fourth-order valence-electron chi connectivity index (χ4n) is 3.37. The second-order valence-corrected chi connectivity index (χ2v) is 6.12. The molecule has 1 aromatic carbocycles. The van der Waals surface area contributed by atoms with Crippen molar-refractivity contribution in [3.05, 3.63) is 24.3 Å². The highest BCUT2D eigenvalue weighted by molar-refractivity contribution is 5.83. The van der Waals surface area contributed by atoms with Gasteiger partial charge in [-0.25, -0.2) is 0 Å². The molecule has 1 aliphatic heterocycles. The summed E-state index contributed by atoms with van der Waals surface area (Å²) in [5.41, 5.74) is 2.29. The molecular weight excluding hydrogens is 262 g/mol. The molecule has 1 aliphatic carbocycles. The standard InChI is InChI=1S/C17H25N3O/c21-17(19-14-7-2-1-3-8-14)13-20-12-6-11-18-15-9-4-5-10-16(15)20/h4-5,9-10,14,18H,1-3,6-8,11-13H2,(H,19,21). The van der Waals surface area contributed by atoms with Crippen LogP contribution in [0.2, 0.25) is 0 Å². The van der Waals surface area contributed by atoms with Gasteiger partial charge in [0.15, 0.2) is 0 Å². The molecule has 0 atom stereocenters. The second kappa shape index (κ2) is 6.83. The highest BCUT2D eigenvalue weighted by atomic mass is 16.2. The van der Waals surface area contributed by atoms with Crippen molar-refractivity contribution in [3.63, 3.8) is 0 Å². The van der Waals surface area contributed by atoms with Crippen LogP contribution >= 0.6 is 0 Å². The van der Waals surface area contributed by atoms with Gasteiger partial charge in [0.25, 0.3) is 0 Å². The SMILES string of the molecule is O=C(CN1CCCNc2ccccc21)NC1CCCCC1. The molecule has 21 heavy (non-hydrogen) atoms. The second-order valence-electron chi connectivity index (χ2n) is 6.12. The van der Waals surface area contributed by atoms with Crippen molar-refractivity contribution in [1.29, 1.82) is 0 Å². The number of hydrogen-bond donors (Lipinski definition) is 2. The molecule has 4 nitrogen and oxygen atoms in total. The van der Waals surface area contributed by atoms with Crippen LogP contribution in [0.15, 0.2) is 24.3 Å². The number of benzene rings is 1. The first-order valence-corrected chi connectivity index (χ1v) is 8.20. The Morgan fingerprint density at radius 3 is 2.86 bits per heavy atom. The van der Waals surface area contributed by atoms with E-state index in [1.807, 2.05) is 12.1 Å². The number of fused-ring (bicyclic) bond motifs is 1. The first-order chi connectivity index (χ1) is 10.3. The van der Waals surface area contributed by atoms with Crippen LogP contribution in [0.25, 0.3) is 0 Å². The third-order valence-corrected chi connectivity index (χ3v) is 4.47. The molecule has 1 fully saturated rings. The molecule has 0 saturated heterocycles. The van der Waals surface area contributed by atoms with Crippen molar-refractivity contribution < 1.29 is 4.79 Å². The van der Waals surface area contributed by atoms with Gasteiger partial charge in [-0.1, -0.05) is 31.4 Å². The molecule has 1 saturated carbocycles. The van der Waals surface area contributed by atoms with Crippen molar-refractivity contribution in [1.82, 2.24) is 5.32 Å². The topological polar surface area (TPSA) is 44.4 Å². The molecular formula is C17H25N3O. The van der Waals surface area contributed by atoms with Crippen molar-refractivity contribution in [2.45, 2.75) is 44.6 Å². The van der Waals surface area contributed by atoms with E-state index in [2.05, 4.69) is 27.7 Å². The number of rotatable bonds is 3. The summed E-state index contributed by atoms with van der Waals surface area (Å²) in [6.07, 6.45) is 7.17. The van der Waals surface area contributed by atoms with E-state index in [-0.39, 0.29) is 5.91 Å². The highest BCUT2D eigenvalue weighted by Gasteiger charge is 2.20. The summed E-state index contributed by atoms with van der Waals surface area (Å²) in [7, 11) is 0. The Labute approximate surface area is 126 Å². The highest BCUT2D eigenvalue weighted by Crippen LogP contribution is 2.27. The van der Waals surface area contributed by atoms with Crippen LogP contribution < -0.4 is 15.5 Å². The molecule has 0 bridgehead atoms. The van der Waals surface area contributed by atoms with Crippen LogP contribution in [-0.2, 0) is 4.79 Å². The van der Waals surface area contributed by atoms with Crippen molar-refractivity contribution in [3.8, 4) is 0 Å². The third kappa shape index (κ3) is 3.69. The minimum absolute atomic E-state index is 0.165. The van der Waals surface area contributed by atoms with Crippen molar-refractivity contribution in [2.75, 3.05) is 29.9 Å². The quantitative estimate of drug-likeness (QED) is 0.898. The molecule has 0 aromatic heterocycles. The van der Waals surface area contributed by atoms with E-state index in [1.165, 1.54) is 19.3 Å². The Kier molecular flexibility index (Phi) is 4.63. The molecule has 1 amide bonds. The lowest BCUT2D eigenvalue weighted by molar-refractivity contribution is -0.120. The Bertz CT molecular complexity index is 483. The van der Waals surface area contributed by atoms with Crippen LogP contribution in [0.1, 0.15) is 38.5 Å². The first-order valence-electron chi connectivity index (χ1n) is 8.20. The fraction of sp³-hybridized carbons (Fsp3) is 0.588. The Balaban J connectivity index is 1.62. The lowest BCUT2D eigenvalue weighted by atomic mass is 9.95. The number of nitrogens with zero attached hydrogens (tertiary/aromatic N) is 1. The zero-order valence-corrected chi connectivity index (χ0v) is 12.6. The smallest absolute Gasteiger partial charge is 0.239 e. The summed E-state index contributed by atoms with van der Waals surface area (Å²) in [6, 6.07) is 8.66. The van der Waals surface area contributed by atoms with Crippen LogP contribution in [0, 0.1) is 0 Å². The molecule has 0 spiro atoms. The molecule has 114 valence electrons. The number of hydrogen-bond acceptors (Lipinski definition) is 3. The molecule has 1 heterocycles. The van der Waals surface area contributed by atoms with Gasteiger partial charge in [0.05, 0.1) is 17.9 Å². The minimum Gasteiger partial charge on any atom is -0.383 e. The molecule has 0 radical (unpaired) electrons. The number of carbonyl (C=O) groups excluding carboxylic acids is 1. The van der Waals surface area contributed by atoms with Gasteiger partial charge in [0.2, 0.25) is 5.91 Å². The summed E-state index contributed by atoms with van der Waals surface area (Å²) in [5, 5.41) is 6.65. The predicted molar refractivity (Wildman–Crippen MR) is 86.8 cm³/mol. The summed E-state index contributed by atoms with van der Waals surface area (Å²) < 4.78 is 0. The maximum atomic E-state index is 12.3. The van der Waals surface area contributed by atoms with E-state index in [4.69, 9.17) is 0 Å². The molecule has 3 rings (SSSR count). The van der Waals surface area contributed by atoms with E-state index in [0.717, 1.165) is 43.7 Å². The number of para-hydroxylation sites is 2. The van der Waals surface area contributed by atoms with Crippen LogP contribution in [0.4, 0.5) is 11.4 Å². The van der Waals surface area contributed by atoms with Gasteiger partial charge in [-0.15, -0.1) is 0 Å². The summed E-state index contributed by atoms with van der Waals surface area (Å²) in [4.78, 5) is 14.5.